The number of methoxy groups -OCH3 is 1. The summed E-state index contributed by atoms with van der Waals surface area (Å²) in [5.74, 6) is 0.0241. The van der Waals surface area contributed by atoms with Crippen LogP contribution in [0.1, 0.15) is 21.5 Å². The number of esters is 1. The molecule has 0 aliphatic rings. The molecular weight excluding hydrogens is 542 g/mol. The smallest absolute Gasteiger partial charge is 0.337 e. The van der Waals surface area contributed by atoms with Crippen LogP contribution < -0.4 is 5.32 Å². The first-order valence-electron chi connectivity index (χ1n) is 12.3. The molecule has 0 saturated carbocycles. The minimum Gasteiger partial charge on any atom is -0.465 e. The van der Waals surface area contributed by atoms with Gasteiger partial charge in [-0.05, 0) is 84.6 Å². The van der Waals surface area contributed by atoms with Gasteiger partial charge in [-0.1, -0.05) is 58.4 Å². The monoisotopic (exact) mass is 567 g/mol. The molecule has 1 unspecified atom stereocenters. The Kier molecular flexibility index (Phi) is 7.70. The number of carbonyl (C=O) groups excluding carboxylic acids is 2. The Balaban J connectivity index is 1.33. The molecule has 1 amide bonds. The zero-order valence-electron chi connectivity index (χ0n) is 20.8. The van der Waals surface area contributed by atoms with Crippen molar-refractivity contribution >= 4 is 44.5 Å². The number of benzene rings is 4. The van der Waals surface area contributed by atoms with Crippen molar-refractivity contribution in [2.75, 3.05) is 12.4 Å². The van der Waals surface area contributed by atoms with Crippen molar-refractivity contribution in [3.8, 4) is 11.3 Å². The quantitative estimate of drug-likeness (QED) is 0.195. The van der Waals surface area contributed by atoms with E-state index in [2.05, 4.69) is 21.2 Å². The van der Waals surface area contributed by atoms with Gasteiger partial charge in [-0.25, -0.2) is 4.79 Å². The van der Waals surface area contributed by atoms with Crippen LogP contribution in [0.5, 0.6) is 0 Å². The first-order chi connectivity index (χ1) is 18.5. The van der Waals surface area contributed by atoms with E-state index in [-0.39, 0.29) is 17.8 Å². The molecule has 0 fully saturated rings. The zero-order chi connectivity index (χ0) is 26.5. The van der Waals surface area contributed by atoms with Crippen LogP contribution in [0.4, 0.5) is 5.69 Å². The third-order valence-electron chi connectivity index (χ3n) is 6.49. The summed E-state index contributed by atoms with van der Waals surface area (Å²) in [4.78, 5) is 25.3. The summed E-state index contributed by atoms with van der Waals surface area (Å²) >= 11 is 3.47. The number of anilines is 1. The highest BCUT2D eigenvalue weighted by molar-refractivity contribution is 9.10. The number of halogens is 1. The van der Waals surface area contributed by atoms with Crippen molar-refractivity contribution in [2.24, 2.45) is 5.92 Å². The Bertz CT molecular complexity index is 1520. The molecule has 38 heavy (non-hydrogen) atoms. The highest BCUT2D eigenvalue weighted by atomic mass is 79.9. The standard InChI is InChI=1S/C32H26BrNO4/c1-37-32(36)24-10-6-21(7-11-24)18-26(19-22-8-14-27(33)15-9-22)31(35)34-28-16-12-23(13-17-28)30-20-25-4-2-3-5-29(25)38-30/h2-17,20,26H,18-19H2,1H3,(H,34,35). The molecule has 1 N–H and O–H groups in total. The molecule has 6 heteroatoms. The maximum Gasteiger partial charge on any atom is 0.337 e. The first-order valence-corrected chi connectivity index (χ1v) is 13.1. The molecule has 0 radical (unpaired) electrons. The van der Waals surface area contributed by atoms with Gasteiger partial charge >= 0.3 is 5.97 Å². The van der Waals surface area contributed by atoms with Crippen molar-refractivity contribution < 1.29 is 18.7 Å². The molecule has 1 aromatic heterocycles. The van der Waals surface area contributed by atoms with Crippen LogP contribution in [-0.4, -0.2) is 19.0 Å². The second kappa shape index (κ2) is 11.5. The summed E-state index contributed by atoms with van der Waals surface area (Å²) < 4.78 is 11.7. The van der Waals surface area contributed by atoms with Gasteiger partial charge in [-0.2, -0.15) is 0 Å². The van der Waals surface area contributed by atoms with Gasteiger partial charge in [-0.15, -0.1) is 0 Å². The van der Waals surface area contributed by atoms with Gasteiger partial charge in [0.25, 0.3) is 0 Å². The Labute approximate surface area is 229 Å². The Morgan fingerprint density at radius 1 is 0.842 bits per heavy atom. The van der Waals surface area contributed by atoms with E-state index in [1.807, 2.05) is 91.0 Å². The van der Waals surface area contributed by atoms with Crippen LogP contribution in [0.15, 0.2) is 112 Å². The van der Waals surface area contributed by atoms with Gasteiger partial charge in [-0.3, -0.25) is 4.79 Å². The fraction of sp³-hybridized carbons (Fsp3) is 0.125. The lowest BCUT2D eigenvalue weighted by molar-refractivity contribution is -0.119. The van der Waals surface area contributed by atoms with Crippen LogP contribution in [0.2, 0.25) is 0 Å². The lowest BCUT2D eigenvalue weighted by Crippen LogP contribution is -2.26. The number of nitrogens with one attached hydrogen (secondary N) is 1. The van der Waals surface area contributed by atoms with Crippen molar-refractivity contribution in [1.29, 1.82) is 0 Å². The molecule has 1 heterocycles. The number of furan rings is 1. The van der Waals surface area contributed by atoms with E-state index in [4.69, 9.17) is 9.15 Å². The van der Waals surface area contributed by atoms with E-state index >= 15 is 0 Å². The summed E-state index contributed by atoms with van der Waals surface area (Å²) in [7, 11) is 1.36. The Morgan fingerprint density at radius 2 is 1.47 bits per heavy atom. The predicted molar refractivity (Wildman–Crippen MR) is 153 cm³/mol. The van der Waals surface area contributed by atoms with Crippen LogP contribution in [0, 0.1) is 5.92 Å². The zero-order valence-corrected chi connectivity index (χ0v) is 22.4. The van der Waals surface area contributed by atoms with Crippen molar-refractivity contribution in [2.45, 2.75) is 12.8 Å². The van der Waals surface area contributed by atoms with Crippen LogP contribution in [0.25, 0.3) is 22.3 Å². The van der Waals surface area contributed by atoms with Gasteiger partial charge in [0, 0.05) is 27.0 Å². The number of carbonyl (C=O) groups is 2. The molecular formula is C32H26BrNO4. The molecule has 5 nitrogen and oxygen atoms in total. The molecule has 0 bridgehead atoms. The SMILES string of the molecule is COC(=O)c1ccc(CC(Cc2ccc(Br)cc2)C(=O)Nc2ccc(-c3cc4ccccc4o3)cc2)cc1. The first kappa shape index (κ1) is 25.5. The summed E-state index contributed by atoms with van der Waals surface area (Å²) in [6.07, 6.45) is 1.11. The average Bonchev–Trinajstić information content (AvgIpc) is 3.38. The third-order valence-corrected chi connectivity index (χ3v) is 7.01. The molecule has 190 valence electrons. The van der Waals surface area contributed by atoms with Gasteiger partial charge in [0.2, 0.25) is 5.91 Å². The maximum atomic E-state index is 13.5. The Hall–Kier alpha value is -4.16. The van der Waals surface area contributed by atoms with Gasteiger partial charge < -0.3 is 14.5 Å². The number of ether oxygens (including phenoxy) is 1. The number of fused-ring (bicyclic) bond motifs is 1. The van der Waals surface area contributed by atoms with E-state index in [1.165, 1.54) is 7.11 Å². The second-order valence-corrected chi connectivity index (χ2v) is 10.1. The number of para-hydroxylation sites is 1. The fourth-order valence-electron chi connectivity index (χ4n) is 4.43. The summed E-state index contributed by atoms with van der Waals surface area (Å²) in [6.45, 7) is 0. The van der Waals surface area contributed by atoms with Gasteiger partial charge in [0.15, 0.2) is 0 Å². The van der Waals surface area contributed by atoms with Crippen molar-refractivity contribution in [1.82, 2.24) is 0 Å². The lowest BCUT2D eigenvalue weighted by Gasteiger charge is -2.18. The third kappa shape index (κ3) is 6.03. The normalized spacial score (nSPS) is 11.7. The molecule has 0 aliphatic carbocycles. The molecule has 5 aromatic rings. The summed E-state index contributed by atoms with van der Waals surface area (Å²) in [5, 5.41) is 4.14. The minimum absolute atomic E-state index is 0.0681. The van der Waals surface area contributed by atoms with Crippen LogP contribution in [-0.2, 0) is 22.4 Å². The lowest BCUT2D eigenvalue weighted by atomic mass is 9.91. The number of hydrogen-bond acceptors (Lipinski definition) is 4. The number of hydrogen-bond donors (Lipinski definition) is 1. The van der Waals surface area contributed by atoms with Gasteiger partial charge in [0.05, 0.1) is 12.7 Å². The molecule has 1 atom stereocenters. The molecule has 0 saturated heterocycles. The summed E-state index contributed by atoms with van der Waals surface area (Å²) in [5.41, 5.74) is 5.02. The van der Waals surface area contributed by atoms with Crippen molar-refractivity contribution in [3.63, 3.8) is 0 Å². The highest BCUT2D eigenvalue weighted by Crippen LogP contribution is 2.29. The fourth-order valence-corrected chi connectivity index (χ4v) is 4.69. The topological polar surface area (TPSA) is 68.5 Å². The predicted octanol–water partition coefficient (Wildman–Crippen LogP) is 7.69. The molecule has 4 aromatic carbocycles. The number of amides is 1. The van der Waals surface area contributed by atoms with Gasteiger partial charge in [0.1, 0.15) is 11.3 Å². The van der Waals surface area contributed by atoms with E-state index < -0.39 is 0 Å². The van der Waals surface area contributed by atoms with E-state index in [1.54, 1.807) is 12.1 Å². The van der Waals surface area contributed by atoms with E-state index in [0.717, 1.165) is 43.6 Å². The minimum atomic E-state index is -0.383. The average molecular weight is 568 g/mol. The maximum absolute atomic E-state index is 13.5. The number of rotatable bonds is 8. The summed E-state index contributed by atoms with van der Waals surface area (Å²) in [6, 6.07) is 32.8. The van der Waals surface area contributed by atoms with E-state index in [9.17, 15) is 9.59 Å². The Morgan fingerprint density at radius 3 is 2.11 bits per heavy atom. The van der Waals surface area contributed by atoms with Crippen molar-refractivity contribution in [3.05, 3.63) is 124 Å². The van der Waals surface area contributed by atoms with Crippen LogP contribution >= 0.6 is 15.9 Å². The largest absolute Gasteiger partial charge is 0.465 e. The molecule has 0 spiro atoms. The second-order valence-electron chi connectivity index (χ2n) is 9.14. The van der Waals surface area contributed by atoms with Crippen LogP contribution in [0.3, 0.4) is 0 Å². The van der Waals surface area contributed by atoms with E-state index in [0.29, 0.717) is 18.4 Å². The highest BCUT2D eigenvalue weighted by Gasteiger charge is 2.21. The molecule has 5 rings (SSSR count). The molecule has 0 aliphatic heterocycles.